The molecule has 0 aromatic carbocycles. The van der Waals surface area contributed by atoms with Gasteiger partial charge in [0.25, 0.3) is 0 Å². The molecule has 84 valence electrons. The zero-order valence-electron chi connectivity index (χ0n) is 9.19. The number of aromatic nitrogens is 2. The smallest absolute Gasteiger partial charge is 0.103 e. The molecule has 0 N–H and O–H groups in total. The highest BCUT2D eigenvalue weighted by atomic mass is 79.9. The van der Waals surface area contributed by atoms with Crippen LogP contribution in [0.5, 0.6) is 0 Å². The van der Waals surface area contributed by atoms with E-state index < -0.39 is 0 Å². The fourth-order valence-corrected chi connectivity index (χ4v) is 2.76. The highest BCUT2D eigenvalue weighted by Gasteiger charge is 2.31. The molecule has 0 spiro atoms. The van der Waals surface area contributed by atoms with Gasteiger partial charge in [0, 0.05) is 30.1 Å². The van der Waals surface area contributed by atoms with E-state index in [4.69, 9.17) is 4.74 Å². The fraction of sp³-hybridized carbons (Fsp3) is 0.727. The molecule has 1 saturated heterocycles. The van der Waals surface area contributed by atoms with E-state index in [1.54, 1.807) is 0 Å². The van der Waals surface area contributed by atoms with E-state index in [1.807, 2.05) is 6.20 Å². The van der Waals surface area contributed by atoms with Crippen LogP contribution in [-0.4, -0.2) is 21.7 Å². The fourth-order valence-electron chi connectivity index (χ4n) is 2.10. The lowest BCUT2D eigenvalue weighted by molar-refractivity contribution is 0.0869. The van der Waals surface area contributed by atoms with Crippen LogP contribution in [-0.2, 0) is 4.74 Å². The molecule has 0 bridgehead atoms. The van der Waals surface area contributed by atoms with E-state index in [0.717, 1.165) is 18.4 Å². The topological polar surface area (TPSA) is 27.1 Å². The highest BCUT2D eigenvalue weighted by Crippen LogP contribution is 2.36. The van der Waals surface area contributed by atoms with E-state index in [2.05, 4.69) is 45.6 Å². The third-order valence-corrected chi connectivity index (χ3v) is 3.73. The largest absolute Gasteiger partial charge is 0.372 e. The van der Waals surface area contributed by atoms with Gasteiger partial charge in [-0.05, 0) is 26.3 Å². The maximum absolute atomic E-state index is 5.80. The van der Waals surface area contributed by atoms with Crippen molar-refractivity contribution in [2.24, 2.45) is 5.92 Å². The Labute approximate surface area is 98.9 Å². The molecule has 0 radical (unpaired) electrons. The van der Waals surface area contributed by atoms with Crippen molar-refractivity contribution in [3.63, 3.8) is 0 Å². The van der Waals surface area contributed by atoms with Crippen LogP contribution in [0, 0.1) is 5.92 Å². The van der Waals surface area contributed by atoms with Gasteiger partial charge in [-0.2, -0.15) is 5.10 Å². The quantitative estimate of drug-likeness (QED) is 0.792. The lowest BCUT2D eigenvalue weighted by atomic mass is 10.0. The molecule has 1 aromatic rings. The van der Waals surface area contributed by atoms with Gasteiger partial charge >= 0.3 is 0 Å². The zero-order valence-corrected chi connectivity index (χ0v) is 10.8. The van der Waals surface area contributed by atoms with Crippen molar-refractivity contribution >= 4 is 15.9 Å². The molecule has 1 aliphatic heterocycles. The Morgan fingerprint density at radius 2 is 2.47 bits per heavy atom. The van der Waals surface area contributed by atoms with Crippen molar-refractivity contribution in [1.82, 2.24) is 9.78 Å². The Balaban J connectivity index is 2.24. The van der Waals surface area contributed by atoms with Gasteiger partial charge in [0.2, 0.25) is 0 Å². The third-order valence-electron chi connectivity index (χ3n) is 2.89. The third kappa shape index (κ3) is 2.11. The van der Waals surface area contributed by atoms with Crippen molar-refractivity contribution in [2.45, 2.75) is 32.4 Å². The molecule has 0 aliphatic carbocycles. The van der Waals surface area contributed by atoms with Crippen molar-refractivity contribution < 1.29 is 4.74 Å². The summed E-state index contributed by atoms with van der Waals surface area (Å²) >= 11 is 3.55. The molecular weight excluding hydrogens is 256 g/mol. The molecule has 1 aromatic heterocycles. The van der Waals surface area contributed by atoms with Crippen LogP contribution in [0.1, 0.15) is 38.1 Å². The molecular formula is C11H17BrN2O. The van der Waals surface area contributed by atoms with Gasteiger partial charge in [0.05, 0.1) is 5.69 Å². The average molecular weight is 273 g/mol. The maximum atomic E-state index is 5.80. The lowest BCUT2D eigenvalue weighted by Crippen LogP contribution is -2.16. The number of hydrogen-bond acceptors (Lipinski definition) is 2. The monoisotopic (exact) mass is 272 g/mol. The minimum atomic E-state index is 0.217. The lowest BCUT2D eigenvalue weighted by Gasteiger charge is -2.19. The molecule has 0 saturated carbocycles. The molecule has 2 atom stereocenters. The van der Waals surface area contributed by atoms with E-state index in [-0.39, 0.29) is 6.10 Å². The van der Waals surface area contributed by atoms with Crippen molar-refractivity contribution in [3.05, 3.63) is 18.0 Å². The number of alkyl halides is 1. The Morgan fingerprint density at radius 1 is 1.67 bits per heavy atom. The van der Waals surface area contributed by atoms with Crippen molar-refractivity contribution in [3.8, 4) is 0 Å². The summed E-state index contributed by atoms with van der Waals surface area (Å²) in [5, 5.41) is 5.35. The Hall–Kier alpha value is -0.350. The predicted molar refractivity (Wildman–Crippen MR) is 63.2 cm³/mol. The summed E-state index contributed by atoms with van der Waals surface area (Å²) in [4.78, 5) is 0. The number of ether oxygens (including phenoxy) is 1. The first-order valence-corrected chi connectivity index (χ1v) is 6.57. The number of nitrogens with zero attached hydrogens (tertiary/aromatic N) is 2. The van der Waals surface area contributed by atoms with E-state index in [1.165, 1.54) is 5.69 Å². The van der Waals surface area contributed by atoms with Gasteiger partial charge in [-0.3, -0.25) is 4.68 Å². The first kappa shape index (κ1) is 11.1. The van der Waals surface area contributed by atoms with Crippen LogP contribution >= 0.6 is 15.9 Å². The molecule has 2 rings (SSSR count). The van der Waals surface area contributed by atoms with E-state index in [0.29, 0.717) is 12.0 Å². The van der Waals surface area contributed by atoms with Crippen LogP contribution < -0.4 is 0 Å². The molecule has 2 unspecified atom stereocenters. The molecule has 3 nitrogen and oxygen atoms in total. The van der Waals surface area contributed by atoms with Gasteiger partial charge in [-0.25, -0.2) is 0 Å². The average Bonchev–Trinajstić information content (AvgIpc) is 2.85. The van der Waals surface area contributed by atoms with Crippen LogP contribution in [0.2, 0.25) is 0 Å². The summed E-state index contributed by atoms with van der Waals surface area (Å²) < 4.78 is 7.86. The summed E-state index contributed by atoms with van der Waals surface area (Å²) in [5.41, 5.74) is 1.21. The second kappa shape index (κ2) is 4.66. The molecule has 1 fully saturated rings. The number of halogens is 1. The standard InChI is InChI=1S/C11H17BrN2O/c1-8(2)14-10(3-5-13-14)11-9(7-12)4-6-15-11/h3,5,8-9,11H,4,6-7H2,1-2H3. The van der Waals surface area contributed by atoms with E-state index in [9.17, 15) is 0 Å². The predicted octanol–water partition coefficient (Wildman–Crippen LogP) is 2.94. The van der Waals surface area contributed by atoms with Crippen molar-refractivity contribution in [1.29, 1.82) is 0 Å². The highest BCUT2D eigenvalue weighted by molar-refractivity contribution is 9.09. The Bertz CT molecular complexity index is 324. The Kier molecular flexibility index (Phi) is 3.46. The minimum Gasteiger partial charge on any atom is -0.372 e. The maximum Gasteiger partial charge on any atom is 0.103 e. The van der Waals surface area contributed by atoms with Gasteiger partial charge < -0.3 is 4.74 Å². The van der Waals surface area contributed by atoms with Gasteiger partial charge in [0.1, 0.15) is 6.10 Å². The van der Waals surface area contributed by atoms with Crippen LogP contribution in [0.4, 0.5) is 0 Å². The number of rotatable bonds is 3. The SMILES string of the molecule is CC(C)n1nccc1C1OCCC1CBr. The summed E-state index contributed by atoms with van der Waals surface area (Å²) in [6, 6.07) is 2.47. The second-order valence-electron chi connectivity index (χ2n) is 4.29. The summed E-state index contributed by atoms with van der Waals surface area (Å²) in [5.74, 6) is 0.583. The van der Waals surface area contributed by atoms with Crippen LogP contribution in [0.15, 0.2) is 12.3 Å². The number of hydrogen-bond donors (Lipinski definition) is 0. The van der Waals surface area contributed by atoms with E-state index >= 15 is 0 Å². The van der Waals surface area contributed by atoms with Gasteiger partial charge in [0.15, 0.2) is 0 Å². The summed E-state index contributed by atoms with van der Waals surface area (Å²) in [7, 11) is 0. The first-order valence-electron chi connectivity index (χ1n) is 5.45. The van der Waals surface area contributed by atoms with Crippen LogP contribution in [0.3, 0.4) is 0 Å². The molecule has 1 aliphatic rings. The summed E-state index contributed by atoms with van der Waals surface area (Å²) in [6.07, 6.45) is 3.22. The molecule has 15 heavy (non-hydrogen) atoms. The first-order chi connectivity index (χ1) is 7.24. The van der Waals surface area contributed by atoms with Crippen LogP contribution in [0.25, 0.3) is 0 Å². The molecule has 0 amide bonds. The minimum absolute atomic E-state index is 0.217. The van der Waals surface area contributed by atoms with Gasteiger partial charge in [-0.15, -0.1) is 0 Å². The molecule has 2 heterocycles. The Morgan fingerprint density at radius 3 is 3.13 bits per heavy atom. The second-order valence-corrected chi connectivity index (χ2v) is 4.94. The zero-order chi connectivity index (χ0) is 10.8. The normalized spacial score (nSPS) is 26.4. The van der Waals surface area contributed by atoms with Gasteiger partial charge in [-0.1, -0.05) is 15.9 Å². The van der Waals surface area contributed by atoms with Crippen molar-refractivity contribution in [2.75, 3.05) is 11.9 Å². The molecule has 4 heteroatoms. The summed E-state index contributed by atoms with van der Waals surface area (Å²) in [6.45, 7) is 5.16.